The zero-order chi connectivity index (χ0) is 24.7. The molecule has 33 heavy (non-hydrogen) atoms. The molecule has 180 valence electrons. The van der Waals surface area contributed by atoms with Crippen LogP contribution in [0.3, 0.4) is 0 Å². The first-order valence-electron chi connectivity index (χ1n) is 9.79. The van der Waals surface area contributed by atoms with E-state index in [4.69, 9.17) is 23.7 Å². The number of carbonyl (C=O) groups is 4. The van der Waals surface area contributed by atoms with Crippen molar-refractivity contribution in [2.45, 2.75) is 58.3 Å². The van der Waals surface area contributed by atoms with E-state index in [0.29, 0.717) is 0 Å². The van der Waals surface area contributed by atoms with Gasteiger partial charge in [0.1, 0.15) is 24.5 Å². The molecule has 0 unspecified atom stereocenters. The van der Waals surface area contributed by atoms with Crippen LogP contribution in [0, 0.1) is 10.1 Å². The van der Waals surface area contributed by atoms with Crippen LogP contribution in [0.2, 0.25) is 0 Å². The highest BCUT2D eigenvalue weighted by atomic mass is 16.7. The van der Waals surface area contributed by atoms with Gasteiger partial charge in [0.15, 0.2) is 12.2 Å². The maximum absolute atomic E-state index is 11.9. The van der Waals surface area contributed by atoms with E-state index >= 15 is 0 Å². The van der Waals surface area contributed by atoms with Gasteiger partial charge in [0.05, 0.1) is 11.0 Å². The van der Waals surface area contributed by atoms with E-state index in [9.17, 15) is 29.3 Å². The van der Waals surface area contributed by atoms with Crippen molar-refractivity contribution < 1.29 is 47.8 Å². The van der Waals surface area contributed by atoms with Gasteiger partial charge in [-0.25, -0.2) is 0 Å². The molecular formula is C20H24N2O11. The predicted octanol–water partition coefficient (Wildman–Crippen LogP) is 0.630. The second-order valence-electron chi connectivity index (χ2n) is 7.09. The van der Waals surface area contributed by atoms with E-state index in [2.05, 4.69) is 5.32 Å². The first-order valence-corrected chi connectivity index (χ1v) is 9.79. The molecule has 1 aliphatic rings. The number of nitrogens with zero attached hydrogens (tertiary/aromatic N) is 1. The third-order valence-electron chi connectivity index (χ3n) is 4.35. The van der Waals surface area contributed by atoms with Gasteiger partial charge in [0, 0.05) is 33.8 Å². The number of hydrogen-bond donors (Lipinski definition) is 1. The number of nitro benzene ring substituents is 1. The van der Waals surface area contributed by atoms with Crippen LogP contribution in [0.25, 0.3) is 0 Å². The molecule has 1 saturated heterocycles. The molecule has 0 spiro atoms. The minimum atomic E-state index is -1.37. The summed E-state index contributed by atoms with van der Waals surface area (Å²) in [5.74, 6) is -2.68. The molecule has 0 saturated carbocycles. The maximum atomic E-state index is 11.9. The van der Waals surface area contributed by atoms with Crippen molar-refractivity contribution in [2.24, 2.45) is 0 Å². The predicted molar refractivity (Wildman–Crippen MR) is 108 cm³/mol. The lowest BCUT2D eigenvalue weighted by Gasteiger charge is -2.44. The molecule has 0 radical (unpaired) electrons. The molecule has 1 aromatic carbocycles. The number of ether oxygens (including phenoxy) is 5. The van der Waals surface area contributed by atoms with Crippen molar-refractivity contribution >= 4 is 29.5 Å². The number of amides is 1. The quantitative estimate of drug-likeness (QED) is 0.246. The van der Waals surface area contributed by atoms with Crippen molar-refractivity contribution in [1.82, 2.24) is 5.32 Å². The summed E-state index contributed by atoms with van der Waals surface area (Å²) in [5.41, 5.74) is -0.259. The summed E-state index contributed by atoms with van der Waals surface area (Å²) in [7, 11) is 0. The molecule has 5 atom stereocenters. The highest BCUT2D eigenvalue weighted by molar-refractivity contribution is 5.73. The number of rotatable bonds is 8. The normalized spacial score (nSPS) is 24.2. The number of nitrogens with one attached hydrogen (secondary N) is 1. The summed E-state index contributed by atoms with van der Waals surface area (Å²) in [6, 6.07) is 3.99. The third-order valence-corrected chi connectivity index (χ3v) is 4.35. The Bertz CT molecular complexity index is 919. The van der Waals surface area contributed by atoms with Gasteiger partial charge in [-0.2, -0.15) is 0 Å². The van der Waals surface area contributed by atoms with Crippen LogP contribution in [-0.2, 0) is 38.1 Å². The van der Waals surface area contributed by atoms with Gasteiger partial charge in [-0.15, -0.1) is 0 Å². The molecule has 0 aromatic heterocycles. The van der Waals surface area contributed by atoms with E-state index < -0.39 is 66.0 Å². The van der Waals surface area contributed by atoms with Crippen LogP contribution in [0.5, 0.6) is 5.75 Å². The van der Waals surface area contributed by atoms with Gasteiger partial charge < -0.3 is 29.0 Å². The summed E-state index contributed by atoms with van der Waals surface area (Å²) in [6.07, 6.45) is -5.09. The topological polar surface area (TPSA) is 170 Å². The number of hydrogen-bond acceptors (Lipinski definition) is 11. The zero-order valence-corrected chi connectivity index (χ0v) is 18.3. The zero-order valence-electron chi connectivity index (χ0n) is 18.3. The monoisotopic (exact) mass is 468 g/mol. The standard InChI is InChI=1S/C20H24N2O11/c1-10(23)21-17-19(31-13(4)26)18(30-12(3)25)16(9-29-11(2)24)33-20(17)32-15-7-5-6-14(8-15)22(27)28/h5-8,16-20H,9H2,1-4H3,(H,21,23)/t16-,17+,18+,19+,20-/m0/s1. The fourth-order valence-electron chi connectivity index (χ4n) is 3.20. The largest absolute Gasteiger partial charge is 0.463 e. The molecule has 13 heteroatoms. The first-order chi connectivity index (χ1) is 15.5. The van der Waals surface area contributed by atoms with Crippen molar-refractivity contribution in [2.75, 3.05) is 6.61 Å². The number of esters is 3. The summed E-state index contributed by atoms with van der Waals surface area (Å²) in [6.45, 7) is 4.19. The van der Waals surface area contributed by atoms with Crippen LogP contribution in [0.4, 0.5) is 5.69 Å². The lowest BCUT2D eigenvalue weighted by molar-refractivity contribution is -0.385. The van der Waals surface area contributed by atoms with Gasteiger partial charge in [0.25, 0.3) is 5.69 Å². The Kier molecular flexibility index (Phi) is 8.68. The van der Waals surface area contributed by atoms with E-state index in [1.54, 1.807) is 0 Å². The molecule has 1 amide bonds. The molecule has 1 aromatic rings. The fraction of sp³-hybridized carbons (Fsp3) is 0.500. The van der Waals surface area contributed by atoms with E-state index in [0.717, 1.165) is 26.8 Å². The number of benzene rings is 1. The third kappa shape index (κ3) is 7.42. The molecule has 1 fully saturated rings. The second-order valence-corrected chi connectivity index (χ2v) is 7.09. The first kappa shape index (κ1) is 25.5. The minimum absolute atomic E-state index is 0.0169. The molecule has 1 aliphatic heterocycles. The Hall–Kier alpha value is -3.74. The number of nitro groups is 1. The average molecular weight is 468 g/mol. The second kappa shape index (κ2) is 11.2. The van der Waals surface area contributed by atoms with E-state index in [1.165, 1.54) is 25.1 Å². The Morgan fingerprint density at radius 2 is 1.67 bits per heavy atom. The lowest BCUT2D eigenvalue weighted by atomic mass is 9.96. The molecule has 1 heterocycles. The smallest absolute Gasteiger partial charge is 0.303 e. The van der Waals surface area contributed by atoms with Gasteiger partial charge in [-0.1, -0.05) is 6.07 Å². The maximum Gasteiger partial charge on any atom is 0.303 e. The van der Waals surface area contributed by atoms with Crippen molar-refractivity contribution in [3.05, 3.63) is 34.4 Å². The Labute approximate surface area is 188 Å². The summed E-state index contributed by atoms with van der Waals surface area (Å²) >= 11 is 0. The van der Waals surface area contributed by atoms with Crippen molar-refractivity contribution in [3.63, 3.8) is 0 Å². The Balaban J connectivity index is 2.47. The molecular weight excluding hydrogens is 444 g/mol. The Morgan fingerprint density at radius 3 is 2.21 bits per heavy atom. The molecule has 0 bridgehead atoms. The van der Waals surface area contributed by atoms with Crippen LogP contribution in [0.15, 0.2) is 24.3 Å². The van der Waals surface area contributed by atoms with Crippen LogP contribution in [0.1, 0.15) is 27.7 Å². The minimum Gasteiger partial charge on any atom is -0.463 e. The molecule has 1 N–H and O–H groups in total. The van der Waals surface area contributed by atoms with Crippen LogP contribution < -0.4 is 10.1 Å². The number of carbonyl (C=O) groups excluding carboxylic acids is 4. The van der Waals surface area contributed by atoms with Crippen molar-refractivity contribution in [1.29, 1.82) is 0 Å². The lowest BCUT2D eigenvalue weighted by Crippen LogP contribution is -2.67. The highest BCUT2D eigenvalue weighted by Crippen LogP contribution is 2.30. The van der Waals surface area contributed by atoms with E-state index in [-0.39, 0.29) is 11.4 Å². The average Bonchev–Trinajstić information content (AvgIpc) is 2.70. The molecule has 13 nitrogen and oxygen atoms in total. The van der Waals surface area contributed by atoms with Gasteiger partial charge in [-0.3, -0.25) is 29.3 Å². The Morgan fingerprint density at radius 1 is 1.03 bits per heavy atom. The van der Waals surface area contributed by atoms with Gasteiger partial charge >= 0.3 is 17.9 Å². The summed E-state index contributed by atoms with van der Waals surface area (Å²) in [5, 5.41) is 13.6. The van der Waals surface area contributed by atoms with Crippen LogP contribution >= 0.6 is 0 Å². The van der Waals surface area contributed by atoms with Gasteiger partial charge in [-0.05, 0) is 6.07 Å². The van der Waals surface area contributed by atoms with E-state index in [1.807, 2.05) is 0 Å². The fourth-order valence-corrected chi connectivity index (χ4v) is 3.20. The summed E-state index contributed by atoms with van der Waals surface area (Å²) < 4.78 is 27.2. The molecule has 0 aliphatic carbocycles. The molecule has 2 rings (SSSR count). The van der Waals surface area contributed by atoms with Gasteiger partial charge in [0.2, 0.25) is 12.2 Å². The SMILES string of the molecule is CC(=O)N[C@H]1[C@@H](Oc2cccc([N+](=O)[O-])c2)O[C@@H](COC(C)=O)[C@@H](OC(C)=O)[C@@H]1OC(C)=O. The highest BCUT2D eigenvalue weighted by Gasteiger charge is 2.52. The van der Waals surface area contributed by atoms with Crippen LogP contribution in [-0.4, -0.2) is 66.0 Å². The summed E-state index contributed by atoms with van der Waals surface area (Å²) in [4.78, 5) is 57.2. The van der Waals surface area contributed by atoms with Crippen molar-refractivity contribution in [3.8, 4) is 5.75 Å². The number of non-ortho nitro benzene ring substituents is 1.